The van der Waals surface area contributed by atoms with Gasteiger partial charge in [-0.1, -0.05) is 0 Å². The Bertz CT molecular complexity index is 460. The van der Waals surface area contributed by atoms with Gasteiger partial charge in [0.1, 0.15) is 0 Å². The molecule has 5 nitrogen and oxygen atoms in total. The van der Waals surface area contributed by atoms with E-state index in [0.717, 1.165) is 48.7 Å². The smallest absolute Gasteiger partial charge is 0.187 e. The first-order valence-corrected chi connectivity index (χ1v) is 8.43. The van der Waals surface area contributed by atoms with Crippen molar-refractivity contribution in [2.24, 2.45) is 5.10 Å². The number of hydrazone groups is 1. The minimum atomic E-state index is 0.546. The molecule has 110 valence electrons. The summed E-state index contributed by atoms with van der Waals surface area (Å²) in [5, 5.41) is 9.80. The lowest BCUT2D eigenvalue weighted by molar-refractivity contribution is 0.0389. The standard InChI is InChI=1S/C12H17BrN4OS2/c13-10-7-11(20-9-10)8-15-16-12(19)14-1-2-17-3-5-18-6-4-17/h7-9H,1-6H2,(H2,14,16,19)/b15-8-. The Kier molecular flexibility index (Phi) is 6.88. The van der Waals surface area contributed by atoms with E-state index < -0.39 is 0 Å². The molecule has 1 aliphatic heterocycles. The first kappa shape index (κ1) is 15.8. The van der Waals surface area contributed by atoms with Crippen LogP contribution in [0.25, 0.3) is 0 Å². The molecule has 1 aromatic heterocycles. The zero-order valence-corrected chi connectivity index (χ0v) is 14.2. The van der Waals surface area contributed by atoms with Gasteiger partial charge in [0.05, 0.1) is 19.4 Å². The zero-order chi connectivity index (χ0) is 14.2. The van der Waals surface area contributed by atoms with Gasteiger partial charge < -0.3 is 10.1 Å². The van der Waals surface area contributed by atoms with Crippen LogP contribution in [0.4, 0.5) is 0 Å². The molecule has 0 saturated carbocycles. The lowest BCUT2D eigenvalue weighted by Crippen LogP contribution is -2.42. The quantitative estimate of drug-likeness (QED) is 0.464. The summed E-state index contributed by atoms with van der Waals surface area (Å²) in [5.74, 6) is 0. The van der Waals surface area contributed by atoms with E-state index in [2.05, 4.69) is 36.7 Å². The minimum absolute atomic E-state index is 0.546. The molecule has 0 bridgehead atoms. The molecule has 1 aromatic rings. The number of ether oxygens (including phenoxy) is 1. The SMILES string of the molecule is S=C(NCCN1CCOCC1)N/N=C\c1cc(Br)cs1. The van der Waals surface area contributed by atoms with Gasteiger partial charge in [-0.2, -0.15) is 5.10 Å². The van der Waals surface area contributed by atoms with Crippen LogP contribution in [0.1, 0.15) is 4.88 Å². The van der Waals surface area contributed by atoms with Crippen molar-refractivity contribution in [2.45, 2.75) is 0 Å². The highest BCUT2D eigenvalue weighted by atomic mass is 79.9. The Balaban J connectivity index is 1.59. The van der Waals surface area contributed by atoms with Crippen LogP contribution in [0, 0.1) is 0 Å². The molecule has 20 heavy (non-hydrogen) atoms. The Hall–Kier alpha value is -0.540. The first-order valence-electron chi connectivity index (χ1n) is 6.35. The molecule has 0 radical (unpaired) electrons. The van der Waals surface area contributed by atoms with Crippen LogP contribution in [0.15, 0.2) is 21.0 Å². The van der Waals surface area contributed by atoms with E-state index in [1.165, 1.54) is 0 Å². The molecule has 8 heteroatoms. The summed E-state index contributed by atoms with van der Waals surface area (Å²) in [5.41, 5.74) is 2.82. The van der Waals surface area contributed by atoms with Gasteiger partial charge in [-0.05, 0) is 34.2 Å². The molecule has 0 aliphatic carbocycles. The molecule has 0 unspecified atom stereocenters. The van der Waals surface area contributed by atoms with Crippen LogP contribution in [0.3, 0.4) is 0 Å². The van der Waals surface area contributed by atoms with Crippen molar-refractivity contribution in [3.63, 3.8) is 0 Å². The molecule has 2 N–H and O–H groups in total. The van der Waals surface area contributed by atoms with Gasteiger partial charge >= 0.3 is 0 Å². The molecule has 0 atom stereocenters. The summed E-state index contributed by atoms with van der Waals surface area (Å²) >= 11 is 10.2. The topological polar surface area (TPSA) is 48.9 Å². The Morgan fingerprint density at radius 1 is 1.55 bits per heavy atom. The lowest BCUT2D eigenvalue weighted by atomic mass is 10.4. The van der Waals surface area contributed by atoms with Crippen molar-refractivity contribution in [3.05, 3.63) is 20.8 Å². The molecular formula is C12H17BrN4OS2. The van der Waals surface area contributed by atoms with Crippen LogP contribution >= 0.6 is 39.5 Å². The van der Waals surface area contributed by atoms with Crippen molar-refractivity contribution < 1.29 is 4.74 Å². The maximum absolute atomic E-state index is 5.30. The van der Waals surface area contributed by atoms with Gasteiger partial charge in [0.25, 0.3) is 0 Å². The number of thiophene rings is 1. The Labute approximate surface area is 136 Å². The maximum Gasteiger partial charge on any atom is 0.187 e. The van der Waals surface area contributed by atoms with Crippen molar-refractivity contribution in [1.29, 1.82) is 0 Å². The zero-order valence-electron chi connectivity index (χ0n) is 11.0. The molecule has 1 fully saturated rings. The summed E-state index contributed by atoms with van der Waals surface area (Å²) < 4.78 is 6.37. The Morgan fingerprint density at radius 2 is 2.35 bits per heavy atom. The van der Waals surface area contributed by atoms with E-state index in [4.69, 9.17) is 17.0 Å². The summed E-state index contributed by atoms with van der Waals surface area (Å²) in [4.78, 5) is 3.42. The summed E-state index contributed by atoms with van der Waals surface area (Å²) in [6.45, 7) is 5.41. The molecule has 1 aliphatic rings. The fraction of sp³-hybridized carbons (Fsp3) is 0.500. The predicted molar refractivity (Wildman–Crippen MR) is 90.6 cm³/mol. The predicted octanol–water partition coefficient (Wildman–Crippen LogP) is 1.64. The molecule has 2 heterocycles. The van der Waals surface area contributed by atoms with Crippen LogP contribution < -0.4 is 10.7 Å². The van der Waals surface area contributed by atoms with E-state index in [1.54, 1.807) is 17.6 Å². The van der Waals surface area contributed by atoms with Crippen molar-refractivity contribution >= 4 is 50.8 Å². The second-order valence-corrected chi connectivity index (χ2v) is 6.51. The Morgan fingerprint density at radius 3 is 3.05 bits per heavy atom. The molecular weight excluding hydrogens is 360 g/mol. The molecule has 0 amide bonds. The van der Waals surface area contributed by atoms with E-state index in [1.807, 2.05) is 11.4 Å². The van der Waals surface area contributed by atoms with Gasteiger partial charge in [0.2, 0.25) is 0 Å². The summed E-state index contributed by atoms with van der Waals surface area (Å²) in [6.07, 6.45) is 1.76. The van der Waals surface area contributed by atoms with Gasteiger partial charge in [-0.25, -0.2) is 0 Å². The fourth-order valence-corrected chi connectivity index (χ4v) is 3.20. The number of thiocarbonyl (C=S) groups is 1. The fourth-order valence-electron chi connectivity index (χ4n) is 1.74. The second-order valence-electron chi connectivity index (χ2n) is 4.25. The highest BCUT2D eigenvalue weighted by molar-refractivity contribution is 9.10. The van der Waals surface area contributed by atoms with Crippen LogP contribution in [0.2, 0.25) is 0 Å². The van der Waals surface area contributed by atoms with E-state index in [9.17, 15) is 0 Å². The average Bonchev–Trinajstić information content (AvgIpc) is 2.86. The third-order valence-electron chi connectivity index (χ3n) is 2.76. The van der Waals surface area contributed by atoms with Crippen molar-refractivity contribution in [3.8, 4) is 0 Å². The number of morpholine rings is 1. The highest BCUT2D eigenvalue weighted by Gasteiger charge is 2.09. The third-order valence-corrected chi connectivity index (χ3v) is 4.63. The largest absolute Gasteiger partial charge is 0.379 e. The number of hydrogen-bond donors (Lipinski definition) is 2. The first-order chi connectivity index (χ1) is 9.74. The number of nitrogens with zero attached hydrogens (tertiary/aromatic N) is 2. The highest BCUT2D eigenvalue weighted by Crippen LogP contribution is 2.17. The number of halogens is 1. The van der Waals surface area contributed by atoms with Gasteiger partial charge in [0.15, 0.2) is 5.11 Å². The lowest BCUT2D eigenvalue weighted by Gasteiger charge is -2.26. The molecule has 2 rings (SSSR count). The van der Waals surface area contributed by atoms with E-state index in [0.29, 0.717) is 5.11 Å². The third kappa shape index (κ3) is 5.84. The summed E-state index contributed by atoms with van der Waals surface area (Å²) in [6, 6.07) is 2.00. The van der Waals surface area contributed by atoms with Crippen LogP contribution in [-0.2, 0) is 4.74 Å². The molecule has 0 spiro atoms. The van der Waals surface area contributed by atoms with Crippen molar-refractivity contribution in [2.75, 3.05) is 39.4 Å². The van der Waals surface area contributed by atoms with Crippen LogP contribution in [-0.4, -0.2) is 55.6 Å². The molecule has 1 saturated heterocycles. The molecule has 0 aromatic carbocycles. The summed E-state index contributed by atoms with van der Waals surface area (Å²) in [7, 11) is 0. The number of nitrogens with one attached hydrogen (secondary N) is 2. The monoisotopic (exact) mass is 376 g/mol. The number of rotatable bonds is 5. The van der Waals surface area contributed by atoms with Gasteiger partial charge in [0, 0.05) is 40.9 Å². The van der Waals surface area contributed by atoms with Gasteiger partial charge in [-0.3, -0.25) is 10.3 Å². The van der Waals surface area contributed by atoms with E-state index >= 15 is 0 Å². The van der Waals surface area contributed by atoms with E-state index in [-0.39, 0.29) is 0 Å². The number of hydrogen-bond acceptors (Lipinski definition) is 5. The van der Waals surface area contributed by atoms with Gasteiger partial charge in [-0.15, -0.1) is 11.3 Å². The average molecular weight is 377 g/mol. The maximum atomic E-state index is 5.30. The minimum Gasteiger partial charge on any atom is -0.379 e. The van der Waals surface area contributed by atoms with Crippen molar-refractivity contribution in [1.82, 2.24) is 15.6 Å². The normalized spacial score (nSPS) is 16.4. The van der Waals surface area contributed by atoms with Crippen LogP contribution in [0.5, 0.6) is 0 Å². The second kappa shape index (κ2) is 8.68.